The molecule has 0 bridgehead atoms. The van der Waals surface area contributed by atoms with E-state index in [4.69, 9.17) is 9.47 Å². The van der Waals surface area contributed by atoms with Gasteiger partial charge in [0.2, 0.25) is 0 Å². The second kappa shape index (κ2) is 9.53. The van der Waals surface area contributed by atoms with Crippen LogP contribution in [0, 0.1) is 12.7 Å². The average molecular weight is 422 g/mol. The molecule has 0 saturated carbocycles. The molecule has 1 aromatic carbocycles. The monoisotopic (exact) mass is 422 g/mol. The first-order chi connectivity index (χ1) is 15.1. The van der Waals surface area contributed by atoms with E-state index in [2.05, 4.69) is 15.3 Å². The van der Waals surface area contributed by atoms with Gasteiger partial charge < -0.3 is 19.7 Å². The molecule has 31 heavy (non-hydrogen) atoms. The number of pyridine rings is 2. The van der Waals surface area contributed by atoms with Crippen molar-refractivity contribution in [2.45, 2.75) is 13.0 Å². The molecule has 1 aliphatic rings. The SMILES string of the molecule is Cc1cc(Nc2ccccn2)cc([C@H]2CN(C(=O)COc3ccc(F)cc3)CCO2)n1. The van der Waals surface area contributed by atoms with Crippen molar-refractivity contribution < 1.29 is 18.7 Å². The average Bonchev–Trinajstić information content (AvgIpc) is 2.79. The number of hydrogen-bond donors (Lipinski definition) is 1. The number of benzene rings is 1. The fourth-order valence-corrected chi connectivity index (χ4v) is 3.34. The lowest BCUT2D eigenvalue weighted by molar-refractivity contribution is -0.141. The van der Waals surface area contributed by atoms with Gasteiger partial charge in [-0.25, -0.2) is 9.37 Å². The summed E-state index contributed by atoms with van der Waals surface area (Å²) in [6.45, 7) is 3.06. The summed E-state index contributed by atoms with van der Waals surface area (Å²) in [6, 6.07) is 15.1. The molecule has 1 atom stereocenters. The number of nitrogens with one attached hydrogen (secondary N) is 1. The van der Waals surface area contributed by atoms with Gasteiger partial charge in [-0.05, 0) is 55.5 Å². The zero-order chi connectivity index (χ0) is 21.6. The minimum absolute atomic E-state index is 0.119. The van der Waals surface area contributed by atoms with E-state index in [0.29, 0.717) is 25.4 Å². The van der Waals surface area contributed by atoms with Gasteiger partial charge in [-0.2, -0.15) is 0 Å². The van der Waals surface area contributed by atoms with E-state index in [1.807, 2.05) is 37.3 Å². The highest BCUT2D eigenvalue weighted by molar-refractivity contribution is 5.78. The molecule has 1 aliphatic heterocycles. The van der Waals surface area contributed by atoms with Crippen LogP contribution >= 0.6 is 0 Å². The molecule has 1 amide bonds. The maximum absolute atomic E-state index is 13.0. The predicted molar refractivity (Wildman–Crippen MR) is 114 cm³/mol. The standard InChI is InChI=1S/C23H23FN4O3/c1-16-12-18(27-22-4-2-3-9-25-22)13-20(26-16)21-14-28(10-11-30-21)23(29)15-31-19-7-5-17(24)6-8-19/h2-9,12-13,21H,10-11,14-15H2,1H3,(H,25,26,27)/t21-/m1/s1. The Labute approximate surface area is 179 Å². The summed E-state index contributed by atoms with van der Waals surface area (Å²) >= 11 is 0. The summed E-state index contributed by atoms with van der Waals surface area (Å²) in [7, 11) is 0. The van der Waals surface area contributed by atoms with Gasteiger partial charge >= 0.3 is 0 Å². The van der Waals surface area contributed by atoms with Crippen molar-refractivity contribution in [1.29, 1.82) is 0 Å². The van der Waals surface area contributed by atoms with Gasteiger partial charge in [0.25, 0.3) is 5.91 Å². The van der Waals surface area contributed by atoms with Crippen molar-refractivity contribution in [3.8, 4) is 5.75 Å². The fourth-order valence-electron chi connectivity index (χ4n) is 3.34. The molecule has 7 nitrogen and oxygen atoms in total. The maximum Gasteiger partial charge on any atom is 0.260 e. The first-order valence-corrected chi connectivity index (χ1v) is 10.0. The van der Waals surface area contributed by atoms with Crippen LogP contribution < -0.4 is 10.1 Å². The number of rotatable bonds is 6. The Hall–Kier alpha value is -3.52. The predicted octanol–water partition coefficient (Wildman–Crippen LogP) is 3.65. The number of aromatic nitrogens is 2. The van der Waals surface area contributed by atoms with Gasteiger partial charge in [0, 0.05) is 24.1 Å². The first kappa shape index (κ1) is 20.7. The normalized spacial score (nSPS) is 16.1. The highest BCUT2D eigenvalue weighted by Crippen LogP contribution is 2.25. The first-order valence-electron chi connectivity index (χ1n) is 10.0. The molecule has 160 valence electrons. The van der Waals surface area contributed by atoms with E-state index in [9.17, 15) is 9.18 Å². The van der Waals surface area contributed by atoms with Crippen LogP contribution in [-0.4, -0.2) is 47.1 Å². The smallest absolute Gasteiger partial charge is 0.260 e. The van der Waals surface area contributed by atoms with Crippen LogP contribution in [0.1, 0.15) is 17.5 Å². The van der Waals surface area contributed by atoms with Crippen LogP contribution in [0.15, 0.2) is 60.8 Å². The number of carbonyl (C=O) groups excluding carboxylic acids is 1. The minimum atomic E-state index is -0.350. The molecule has 1 fully saturated rings. The van der Waals surface area contributed by atoms with Gasteiger partial charge in [-0.3, -0.25) is 9.78 Å². The number of carbonyl (C=O) groups is 1. The van der Waals surface area contributed by atoms with Gasteiger partial charge in [-0.15, -0.1) is 0 Å². The Morgan fingerprint density at radius 1 is 1.26 bits per heavy atom. The van der Waals surface area contributed by atoms with Crippen LogP contribution in [0.5, 0.6) is 5.75 Å². The molecular formula is C23H23FN4O3. The second-order valence-electron chi connectivity index (χ2n) is 7.20. The van der Waals surface area contributed by atoms with E-state index in [-0.39, 0.29) is 24.4 Å². The molecule has 0 unspecified atom stereocenters. The summed E-state index contributed by atoms with van der Waals surface area (Å²) in [5.41, 5.74) is 2.44. The molecule has 0 radical (unpaired) electrons. The van der Waals surface area contributed by atoms with Crippen molar-refractivity contribution in [3.05, 3.63) is 78.0 Å². The van der Waals surface area contributed by atoms with Crippen LogP contribution in [0.3, 0.4) is 0 Å². The molecule has 0 aliphatic carbocycles. The molecule has 1 saturated heterocycles. The number of anilines is 2. The second-order valence-corrected chi connectivity index (χ2v) is 7.20. The lowest BCUT2D eigenvalue weighted by Crippen LogP contribution is -2.44. The van der Waals surface area contributed by atoms with E-state index in [1.165, 1.54) is 24.3 Å². The molecule has 3 heterocycles. The van der Waals surface area contributed by atoms with Gasteiger partial charge in [0.15, 0.2) is 6.61 Å². The Morgan fingerprint density at radius 3 is 2.87 bits per heavy atom. The van der Waals surface area contributed by atoms with E-state index in [0.717, 1.165) is 22.9 Å². The van der Waals surface area contributed by atoms with Crippen molar-refractivity contribution in [3.63, 3.8) is 0 Å². The van der Waals surface area contributed by atoms with Crippen molar-refractivity contribution >= 4 is 17.4 Å². The van der Waals surface area contributed by atoms with Crippen LogP contribution in [0.2, 0.25) is 0 Å². The van der Waals surface area contributed by atoms with Crippen molar-refractivity contribution in [1.82, 2.24) is 14.9 Å². The Kier molecular flexibility index (Phi) is 6.37. The zero-order valence-electron chi connectivity index (χ0n) is 17.1. The number of ether oxygens (including phenoxy) is 2. The summed E-state index contributed by atoms with van der Waals surface area (Å²) in [6.07, 6.45) is 1.38. The number of aryl methyl sites for hydroxylation is 1. The molecular weight excluding hydrogens is 399 g/mol. The third-order valence-corrected chi connectivity index (χ3v) is 4.84. The number of morpholine rings is 1. The molecule has 2 aromatic heterocycles. The summed E-state index contributed by atoms with van der Waals surface area (Å²) in [4.78, 5) is 23.2. The summed E-state index contributed by atoms with van der Waals surface area (Å²) < 4.78 is 24.4. The Balaban J connectivity index is 1.40. The van der Waals surface area contributed by atoms with Crippen molar-refractivity contribution in [2.75, 3.05) is 31.6 Å². The van der Waals surface area contributed by atoms with Gasteiger partial charge in [-0.1, -0.05) is 6.07 Å². The van der Waals surface area contributed by atoms with Gasteiger partial charge in [0.1, 0.15) is 23.5 Å². The highest BCUT2D eigenvalue weighted by Gasteiger charge is 2.27. The van der Waals surface area contributed by atoms with Crippen molar-refractivity contribution in [2.24, 2.45) is 0 Å². The number of amides is 1. The zero-order valence-corrected chi connectivity index (χ0v) is 17.1. The minimum Gasteiger partial charge on any atom is -0.484 e. The maximum atomic E-state index is 13.0. The number of nitrogens with zero attached hydrogens (tertiary/aromatic N) is 3. The van der Waals surface area contributed by atoms with Gasteiger partial charge in [0.05, 0.1) is 18.8 Å². The molecule has 4 rings (SSSR count). The topological polar surface area (TPSA) is 76.6 Å². The van der Waals surface area contributed by atoms with E-state index in [1.54, 1.807) is 11.1 Å². The third kappa shape index (κ3) is 5.55. The van der Waals surface area contributed by atoms with E-state index < -0.39 is 0 Å². The van der Waals surface area contributed by atoms with Crippen LogP contribution in [0.25, 0.3) is 0 Å². The lowest BCUT2D eigenvalue weighted by atomic mass is 10.1. The van der Waals surface area contributed by atoms with E-state index >= 15 is 0 Å². The lowest BCUT2D eigenvalue weighted by Gasteiger charge is -2.33. The molecule has 3 aromatic rings. The number of hydrogen-bond acceptors (Lipinski definition) is 6. The highest BCUT2D eigenvalue weighted by atomic mass is 19.1. The molecule has 0 spiro atoms. The Bertz CT molecular complexity index is 1030. The quantitative estimate of drug-likeness (QED) is 0.654. The summed E-state index contributed by atoms with van der Waals surface area (Å²) in [5.74, 6) is 0.679. The third-order valence-electron chi connectivity index (χ3n) is 4.84. The Morgan fingerprint density at radius 2 is 2.10 bits per heavy atom. The van der Waals surface area contributed by atoms with Crippen LogP contribution in [0.4, 0.5) is 15.9 Å². The van der Waals surface area contributed by atoms with Crippen LogP contribution in [-0.2, 0) is 9.53 Å². The fraction of sp³-hybridized carbons (Fsp3) is 0.261. The summed E-state index contributed by atoms with van der Waals surface area (Å²) in [5, 5.41) is 3.27. The molecule has 8 heteroatoms. The molecule has 1 N–H and O–H groups in total. The largest absolute Gasteiger partial charge is 0.484 e. The number of halogens is 1.